The molecule has 1 aliphatic carbocycles. The molecule has 7 heteroatoms. The van der Waals surface area contributed by atoms with Crippen molar-refractivity contribution in [2.24, 2.45) is 5.73 Å². The minimum atomic E-state index is -2.97. The average Bonchev–Trinajstić information content (AvgIpc) is 2.77. The molecule has 1 aromatic heterocycles. The van der Waals surface area contributed by atoms with Gasteiger partial charge in [0, 0.05) is 6.26 Å². The Morgan fingerprint density at radius 3 is 2.63 bits per heavy atom. The Morgan fingerprint density at radius 1 is 1.42 bits per heavy atom. The van der Waals surface area contributed by atoms with E-state index < -0.39 is 15.4 Å². The molecule has 0 aliphatic heterocycles. The van der Waals surface area contributed by atoms with E-state index in [1.807, 2.05) is 20.0 Å². The molecule has 1 fully saturated rings. The van der Waals surface area contributed by atoms with E-state index in [4.69, 9.17) is 5.73 Å². The van der Waals surface area contributed by atoms with Gasteiger partial charge in [0.25, 0.3) is 0 Å². The summed E-state index contributed by atoms with van der Waals surface area (Å²) >= 11 is 0. The molecule has 2 rings (SSSR count). The standard InChI is InChI=1S/C12H22N4O2S/c1-12(2,13)11-8-16(15-14-11)9-5-4-6-10(7-9)19(3,17)18/h8-10H,4-7,13H2,1-3H3. The molecule has 0 spiro atoms. The first kappa shape index (κ1) is 14.5. The molecule has 1 heterocycles. The van der Waals surface area contributed by atoms with Crippen LogP contribution in [0.25, 0.3) is 0 Å². The van der Waals surface area contributed by atoms with Crippen molar-refractivity contribution in [2.75, 3.05) is 6.26 Å². The predicted molar refractivity (Wildman–Crippen MR) is 73.4 cm³/mol. The summed E-state index contributed by atoms with van der Waals surface area (Å²) in [4.78, 5) is 0. The lowest BCUT2D eigenvalue weighted by Gasteiger charge is -2.27. The van der Waals surface area contributed by atoms with Crippen molar-refractivity contribution >= 4 is 9.84 Å². The van der Waals surface area contributed by atoms with Crippen molar-refractivity contribution in [1.29, 1.82) is 0 Å². The SMILES string of the molecule is CC(C)(N)c1cn(C2CCCC(S(C)(=O)=O)C2)nn1. The Hall–Kier alpha value is -0.950. The molecule has 1 saturated carbocycles. The Balaban J connectivity index is 2.16. The molecule has 6 nitrogen and oxygen atoms in total. The molecule has 2 N–H and O–H groups in total. The lowest BCUT2D eigenvalue weighted by molar-refractivity contribution is 0.324. The van der Waals surface area contributed by atoms with Gasteiger partial charge in [-0.3, -0.25) is 0 Å². The second-order valence-corrected chi connectivity index (χ2v) is 8.40. The molecule has 0 amide bonds. The highest BCUT2D eigenvalue weighted by Gasteiger charge is 2.31. The zero-order valence-corrected chi connectivity index (χ0v) is 12.5. The van der Waals surface area contributed by atoms with Crippen LogP contribution in [-0.4, -0.2) is 34.9 Å². The minimum absolute atomic E-state index is 0.108. The van der Waals surface area contributed by atoms with E-state index in [0.29, 0.717) is 6.42 Å². The molecule has 0 saturated heterocycles. The lowest BCUT2D eigenvalue weighted by atomic mass is 9.95. The first-order valence-corrected chi connectivity index (χ1v) is 8.53. The molecule has 0 bridgehead atoms. The van der Waals surface area contributed by atoms with Gasteiger partial charge in [0.05, 0.1) is 23.0 Å². The normalized spacial score (nSPS) is 25.5. The van der Waals surface area contributed by atoms with Crippen LogP contribution in [0, 0.1) is 0 Å². The highest BCUT2D eigenvalue weighted by Crippen LogP contribution is 2.31. The van der Waals surface area contributed by atoms with Crippen LogP contribution in [0.4, 0.5) is 0 Å². The monoisotopic (exact) mass is 286 g/mol. The third-order valence-electron chi connectivity index (χ3n) is 3.75. The van der Waals surface area contributed by atoms with Crippen LogP contribution in [0.3, 0.4) is 0 Å². The highest BCUT2D eigenvalue weighted by molar-refractivity contribution is 7.91. The molecule has 0 radical (unpaired) electrons. The van der Waals surface area contributed by atoms with Gasteiger partial charge in [-0.2, -0.15) is 0 Å². The Labute approximate surface area is 114 Å². The third-order valence-corrected chi connectivity index (χ3v) is 5.39. The summed E-state index contributed by atoms with van der Waals surface area (Å²) in [6.45, 7) is 3.75. The molecule has 1 aromatic rings. The number of sulfone groups is 1. The largest absolute Gasteiger partial charge is 0.320 e. The van der Waals surface area contributed by atoms with E-state index in [1.165, 1.54) is 6.26 Å². The molecular formula is C12H22N4O2S. The average molecular weight is 286 g/mol. The van der Waals surface area contributed by atoms with E-state index in [2.05, 4.69) is 10.3 Å². The quantitative estimate of drug-likeness (QED) is 0.895. The zero-order chi connectivity index (χ0) is 14.3. The second-order valence-electron chi connectivity index (χ2n) is 6.08. The van der Waals surface area contributed by atoms with Crippen LogP contribution in [-0.2, 0) is 15.4 Å². The van der Waals surface area contributed by atoms with E-state index in [1.54, 1.807) is 4.68 Å². The van der Waals surface area contributed by atoms with Crippen molar-refractivity contribution in [3.63, 3.8) is 0 Å². The maximum Gasteiger partial charge on any atom is 0.150 e. The van der Waals surface area contributed by atoms with E-state index >= 15 is 0 Å². The van der Waals surface area contributed by atoms with Crippen LogP contribution in [0.2, 0.25) is 0 Å². The fraction of sp³-hybridized carbons (Fsp3) is 0.833. The molecule has 1 aliphatic rings. The van der Waals surface area contributed by atoms with E-state index in [9.17, 15) is 8.42 Å². The van der Waals surface area contributed by atoms with Crippen molar-refractivity contribution in [3.05, 3.63) is 11.9 Å². The molecule has 19 heavy (non-hydrogen) atoms. The van der Waals surface area contributed by atoms with Gasteiger partial charge in [-0.15, -0.1) is 5.10 Å². The summed E-state index contributed by atoms with van der Waals surface area (Å²) in [7, 11) is -2.97. The maximum absolute atomic E-state index is 11.7. The van der Waals surface area contributed by atoms with Gasteiger partial charge in [-0.1, -0.05) is 11.6 Å². The zero-order valence-electron chi connectivity index (χ0n) is 11.7. The van der Waals surface area contributed by atoms with Gasteiger partial charge in [-0.05, 0) is 33.1 Å². The summed E-state index contributed by atoms with van der Waals surface area (Å²) in [5.41, 5.74) is 6.19. The van der Waals surface area contributed by atoms with Gasteiger partial charge in [0.2, 0.25) is 0 Å². The lowest BCUT2D eigenvalue weighted by Crippen LogP contribution is -2.30. The number of nitrogens with two attached hydrogens (primary N) is 1. The van der Waals surface area contributed by atoms with Crippen molar-refractivity contribution < 1.29 is 8.42 Å². The fourth-order valence-electron chi connectivity index (χ4n) is 2.50. The topological polar surface area (TPSA) is 90.9 Å². The van der Waals surface area contributed by atoms with Crippen molar-refractivity contribution in [3.8, 4) is 0 Å². The number of rotatable bonds is 3. The van der Waals surface area contributed by atoms with E-state index in [0.717, 1.165) is 25.0 Å². The second kappa shape index (κ2) is 4.86. The first-order valence-electron chi connectivity index (χ1n) is 6.58. The molecule has 2 unspecified atom stereocenters. The summed E-state index contributed by atoms with van der Waals surface area (Å²) in [5, 5.41) is 7.94. The third kappa shape index (κ3) is 3.33. The van der Waals surface area contributed by atoms with Crippen molar-refractivity contribution in [2.45, 2.75) is 56.4 Å². The highest BCUT2D eigenvalue weighted by atomic mass is 32.2. The molecular weight excluding hydrogens is 264 g/mol. The predicted octanol–water partition coefficient (Wildman–Crippen LogP) is 1.00. The first-order chi connectivity index (χ1) is 8.68. The van der Waals surface area contributed by atoms with E-state index in [-0.39, 0.29) is 11.3 Å². The van der Waals surface area contributed by atoms with Gasteiger partial charge in [0.1, 0.15) is 15.5 Å². The van der Waals surface area contributed by atoms with Crippen LogP contribution in [0.1, 0.15) is 51.3 Å². The smallest absolute Gasteiger partial charge is 0.150 e. The van der Waals surface area contributed by atoms with Crippen LogP contribution in [0.5, 0.6) is 0 Å². The fourth-order valence-corrected chi connectivity index (χ4v) is 3.67. The Kier molecular flexibility index (Phi) is 3.70. The summed E-state index contributed by atoms with van der Waals surface area (Å²) in [6.07, 6.45) is 6.38. The summed E-state index contributed by atoms with van der Waals surface area (Å²) < 4.78 is 25.1. The summed E-state index contributed by atoms with van der Waals surface area (Å²) in [6, 6.07) is 0.108. The molecule has 108 valence electrons. The van der Waals surface area contributed by atoms with Gasteiger partial charge < -0.3 is 5.73 Å². The summed E-state index contributed by atoms with van der Waals surface area (Å²) in [5.74, 6) is 0. The van der Waals surface area contributed by atoms with Crippen molar-refractivity contribution in [1.82, 2.24) is 15.0 Å². The Bertz CT molecular complexity index is 544. The van der Waals surface area contributed by atoms with Crippen LogP contribution in [0.15, 0.2) is 6.20 Å². The van der Waals surface area contributed by atoms with Gasteiger partial charge in [-0.25, -0.2) is 13.1 Å². The van der Waals surface area contributed by atoms with Crippen LogP contribution < -0.4 is 5.73 Å². The Morgan fingerprint density at radius 2 is 2.11 bits per heavy atom. The number of aromatic nitrogens is 3. The molecule has 0 aromatic carbocycles. The van der Waals surface area contributed by atoms with Gasteiger partial charge >= 0.3 is 0 Å². The number of hydrogen-bond acceptors (Lipinski definition) is 5. The minimum Gasteiger partial charge on any atom is -0.320 e. The maximum atomic E-state index is 11.7. The number of nitrogens with zero attached hydrogens (tertiary/aromatic N) is 3. The number of hydrogen-bond donors (Lipinski definition) is 1. The molecule has 2 atom stereocenters. The van der Waals surface area contributed by atoms with Gasteiger partial charge in [0.15, 0.2) is 0 Å². The van der Waals surface area contributed by atoms with Crippen LogP contribution >= 0.6 is 0 Å².